The van der Waals surface area contributed by atoms with Crippen molar-refractivity contribution in [2.45, 2.75) is 33.6 Å². The van der Waals surface area contributed by atoms with E-state index in [9.17, 15) is 0 Å². The van der Waals surface area contributed by atoms with E-state index in [0.717, 1.165) is 24.5 Å². The molecule has 1 nitrogen and oxygen atoms in total. The van der Waals surface area contributed by atoms with E-state index >= 15 is 0 Å². The maximum Gasteiger partial charge on any atom is 0.00831 e. The van der Waals surface area contributed by atoms with Crippen molar-refractivity contribution in [1.82, 2.24) is 0 Å². The number of rotatable bonds is 0. The summed E-state index contributed by atoms with van der Waals surface area (Å²) in [6.45, 7) is 6.22. The Bertz CT molecular complexity index is 145. The normalized spacial score (nSPS) is 22.8. The lowest BCUT2D eigenvalue weighted by molar-refractivity contribution is 0.587. The van der Waals surface area contributed by atoms with Crippen LogP contribution in [0, 0.1) is 5.92 Å². The van der Waals surface area contributed by atoms with E-state index in [0.29, 0.717) is 0 Å². The minimum atomic E-state index is 0.722. The summed E-state index contributed by atoms with van der Waals surface area (Å²) in [6.07, 6.45) is 8.41. The lowest BCUT2D eigenvalue weighted by Gasteiger charge is -2.04. The fourth-order valence-corrected chi connectivity index (χ4v) is 1.06. The van der Waals surface area contributed by atoms with Crippen LogP contribution in [0.2, 0.25) is 0 Å². The number of hydrogen-bond donors (Lipinski definition) is 1. The molecule has 11 heavy (non-hydrogen) atoms. The zero-order valence-electron chi connectivity index (χ0n) is 7.80. The number of nitrogens with two attached hydrogens (primary N) is 1. The second-order valence-electron chi connectivity index (χ2n) is 2.71. The van der Waals surface area contributed by atoms with Gasteiger partial charge in [-0.15, -0.1) is 0 Å². The van der Waals surface area contributed by atoms with Crippen molar-refractivity contribution < 1.29 is 0 Å². The average Bonchev–Trinajstić information content (AvgIpc) is 2.18. The standard InChI is InChI=1S/C8H13N.C2H6/c1-7-4-2-3-5-8(9)6-7;1-2/h2-3,5,7H,4,6,9H2,1H3;1-2H3. The quantitative estimate of drug-likeness (QED) is 0.569. The molecule has 1 rings (SSSR count). The van der Waals surface area contributed by atoms with Crippen molar-refractivity contribution in [2.24, 2.45) is 11.7 Å². The van der Waals surface area contributed by atoms with E-state index in [4.69, 9.17) is 5.73 Å². The Kier molecular flexibility index (Phi) is 5.63. The molecule has 0 aromatic rings. The average molecular weight is 153 g/mol. The molecule has 0 radical (unpaired) electrons. The van der Waals surface area contributed by atoms with Crippen LogP contribution in [0.1, 0.15) is 33.6 Å². The van der Waals surface area contributed by atoms with Gasteiger partial charge in [-0.25, -0.2) is 0 Å². The zero-order chi connectivity index (χ0) is 8.69. The van der Waals surface area contributed by atoms with Crippen LogP contribution in [0.4, 0.5) is 0 Å². The second kappa shape index (κ2) is 6.02. The van der Waals surface area contributed by atoms with E-state index in [1.54, 1.807) is 0 Å². The van der Waals surface area contributed by atoms with Crippen LogP contribution < -0.4 is 5.73 Å². The van der Waals surface area contributed by atoms with Crippen molar-refractivity contribution in [3.05, 3.63) is 23.9 Å². The molecule has 0 saturated heterocycles. The largest absolute Gasteiger partial charge is 0.402 e. The summed E-state index contributed by atoms with van der Waals surface area (Å²) in [5.41, 5.74) is 6.65. The van der Waals surface area contributed by atoms with Crippen LogP contribution in [0.25, 0.3) is 0 Å². The topological polar surface area (TPSA) is 26.0 Å². The Hall–Kier alpha value is -0.720. The summed E-state index contributed by atoms with van der Waals surface area (Å²) < 4.78 is 0. The maximum absolute atomic E-state index is 5.64. The molecule has 0 amide bonds. The van der Waals surface area contributed by atoms with Gasteiger partial charge in [0.15, 0.2) is 0 Å². The third-order valence-electron chi connectivity index (χ3n) is 1.57. The van der Waals surface area contributed by atoms with Crippen LogP contribution in [-0.2, 0) is 0 Å². The Morgan fingerprint density at radius 3 is 2.73 bits per heavy atom. The molecule has 1 aliphatic rings. The van der Waals surface area contributed by atoms with Crippen LogP contribution in [0.15, 0.2) is 23.9 Å². The highest BCUT2D eigenvalue weighted by Gasteiger charge is 2.02. The monoisotopic (exact) mass is 153 g/mol. The summed E-state index contributed by atoms with van der Waals surface area (Å²) in [4.78, 5) is 0. The molecule has 0 saturated carbocycles. The lowest BCUT2D eigenvalue weighted by Crippen LogP contribution is -2.01. The van der Waals surface area contributed by atoms with Gasteiger partial charge >= 0.3 is 0 Å². The van der Waals surface area contributed by atoms with E-state index in [2.05, 4.69) is 13.0 Å². The van der Waals surface area contributed by atoms with Gasteiger partial charge < -0.3 is 5.73 Å². The highest BCUT2D eigenvalue weighted by molar-refractivity contribution is 5.12. The van der Waals surface area contributed by atoms with Crippen LogP contribution in [0.3, 0.4) is 0 Å². The van der Waals surface area contributed by atoms with Crippen molar-refractivity contribution in [2.75, 3.05) is 0 Å². The molecule has 2 N–H and O–H groups in total. The Labute approximate surface area is 70.0 Å². The van der Waals surface area contributed by atoms with E-state index in [1.165, 1.54) is 0 Å². The van der Waals surface area contributed by atoms with Gasteiger partial charge in [-0.1, -0.05) is 32.9 Å². The molecule has 0 aromatic heterocycles. The van der Waals surface area contributed by atoms with Gasteiger partial charge in [0, 0.05) is 5.70 Å². The van der Waals surface area contributed by atoms with Crippen LogP contribution in [0.5, 0.6) is 0 Å². The Morgan fingerprint density at radius 1 is 1.45 bits per heavy atom. The Balaban J connectivity index is 0.000000461. The molecular formula is C10H19N. The SMILES string of the molecule is CC.CC1CC=CC=C(N)C1. The van der Waals surface area contributed by atoms with Crippen molar-refractivity contribution in [1.29, 1.82) is 0 Å². The fourth-order valence-electron chi connectivity index (χ4n) is 1.06. The van der Waals surface area contributed by atoms with Gasteiger partial charge in [-0.3, -0.25) is 0 Å². The molecule has 1 atom stereocenters. The van der Waals surface area contributed by atoms with Crippen LogP contribution >= 0.6 is 0 Å². The van der Waals surface area contributed by atoms with Gasteiger partial charge in [0.05, 0.1) is 0 Å². The minimum Gasteiger partial charge on any atom is -0.402 e. The first-order valence-electron chi connectivity index (χ1n) is 4.40. The zero-order valence-corrected chi connectivity index (χ0v) is 7.80. The molecular weight excluding hydrogens is 134 g/mol. The summed E-state index contributed by atoms with van der Waals surface area (Å²) in [6, 6.07) is 0. The molecule has 0 bridgehead atoms. The fraction of sp³-hybridized carbons (Fsp3) is 0.600. The minimum absolute atomic E-state index is 0.722. The second-order valence-corrected chi connectivity index (χ2v) is 2.71. The molecule has 1 unspecified atom stereocenters. The molecule has 1 heteroatoms. The summed E-state index contributed by atoms with van der Waals surface area (Å²) in [7, 11) is 0. The van der Waals surface area contributed by atoms with Gasteiger partial charge in [0.2, 0.25) is 0 Å². The van der Waals surface area contributed by atoms with E-state index < -0.39 is 0 Å². The van der Waals surface area contributed by atoms with Crippen molar-refractivity contribution in [3.8, 4) is 0 Å². The summed E-state index contributed by atoms with van der Waals surface area (Å²) in [5, 5.41) is 0. The first-order valence-corrected chi connectivity index (χ1v) is 4.40. The molecule has 0 fully saturated rings. The van der Waals surface area contributed by atoms with Gasteiger partial charge in [0.1, 0.15) is 0 Å². The third kappa shape index (κ3) is 4.65. The number of allylic oxidation sites excluding steroid dienone is 4. The molecule has 0 spiro atoms. The molecule has 0 aromatic carbocycles. The predicted molar refractivity (Wildman–Crippen MR) is 51.2 cm³/mol. The van der Waals surface area contributed by atoms with E-state index in [-0.39, 0.29) is 0 Å². The first kappa shape index (κ1) is 10.3. The molecule has 1 aliphatic carbocycles. The smallest absolute Gasteiger partial charge is 0.00831 e. The highest BCUT2D eigenvalue weighted by Crippen LogP contribution is 2.14. The predicted octanol–water partition coefficient (Wildman–Crippen LogP) is 2.84. The molecule has 0 aliphatic heterocycles. The van der Waals surface area contributed by atoms with Gasteiger partial charge in [-0.2, -0.15) is 0 Å². The number of hydrogen-bond acceptors (Lipinski definition) is 1. The van der Waals surface area contributed by atoms with Crippen molar-refractivity contribution >= 4 is 0 Å². The van der Waals surface area contributed by atoms with Crippen LogP contribution in [-0.4, -0.2) is 0 Å². The molecule has 0 heterocycles. The lowest BCUT2D eigenvalue weighted by atomic mass is 10.0. The highest BCUT2D eigenvalue weighted by atomic mass is 14.6. The maximum atomic E-state index is 5.64. The molecule has 64 valence electrons. The van der Waals surface area contributed by atoms with Crippen molar-refractivity contribution in [3.63, 3.8) is 0 Å². The third-order valence-corrected chi connectivity index (χ3v) is 1.57. The van der Waals surface area contributed by atoms with Gasteiger partial charge in [0.25, 0.3) is 0 Å². The summed E-state index contributed by atoms with van der Waals surface area (Å²) in [5.74, 6) is 0.722. The first-order chi connectivity index (χ1) is 5.29. The van der Waals surface area contributed by atoms with E-state index in [1.807, 2.05) is 26.0 Å². The van der Waals surface area contributed by atoms with Gasteiger partial charge in [-0.05, 0) is 24.8 Å². The Morgan fingerprint density at radius 2 is 2.09 bits per heavy atom. The summed E-state index contributed by atoms with van der Waals surface area (Å²) >= 11 is 0.